The minimum Gasteiger partial charge on any atom is -0.445 e. The number of nitrogens with zero attached hydrogens (tertiary/aromatic N) is 3. The molecule has 1 aromatic heterocycles. The van der Waals surface area contributed by atoms with E-state index in [1.807, 2.05) is 47.2 Å². The highest BCUT2D eigenvalue weighted by Gasteiger charge is 2.29. The van der Waals surface area contributed by atoms with E-state index in [4.69, 9.17) is 4.74 Å². The summed E-state index contributed by atoms with van der Waals surface area (Å²) in [5.74, 6) is -0.783. The molecule has 0 aliphatic carbocycles. The summed E-state index contributed by atoms with van der Waals surface area (Å²) in [5, 5.41) is 3.03. The molecule has 2 fully saturated rings. The van der Waals surface area contributed by atoms with Crippen molar-refractivity contribution in [1.82, 2.24) is 14.8 Å². The van der Waals surface area contributed by atoms with Gasteiger partial charge in [-0.2, -0.15) is 0 Å². The zero-order valence-corrected chi connectivity index (χ0v) is 18.6. The molecule has 9 heteroatoms. The monoisotopic (exact) mass is 464 g/mol. The van der Waals surface area contributed by atoms with Crippen molar-refractivity contribution in [2.24, 2.45) is 0 Å². The Hall–Kier alpha value is -3.88. The summed E-state index contributed by atoms with van der Waals surface area (Å²) in [6.45, 7) is 1.52. The van der Waals surface area contributed by atoms with E-state index in [-0.39, 0.29) is 37.6 Å². The molecule has 34 heavy (non-hydrogen) atoms. The van der Waals surface area contributed by atoms with Crippen LogP contribution in [0.3, 0.4) is 0 Å². The second-order valence-corrected chi connectivity index (χ2v) is 8.59. The lowest BCUT2D eigenvalue weighted by atomic mass is 10.0. The lowest BCUT2D eigenvalue weighted by molar-refractivity contribution is -0.120. The van der Waals surface area contributed by atoms with Crippen LogP contribution in [0.25, 0.3) is 10.9 Å². The Kier molecular flexibility index (Phi) is 5.91. The van der Waals surface area contributed by atoms with E-state index >= 15 is 0 Å². The van der Waals surface area contributed by atoms with Gasteiger partial charge < -0.3 is 14.2 Å². The number of rotatable bonds is 4. The molecule has 5 rings (SSSR count). The van der Waals surface area contributed by atoms with E-state index in [9.17, 15) is 18.8 Å². The summed E-state index contributed by atoms with van der Waals surface area (Å²) in [4.78, 5) is 39.4. The number of likely N-dealkylation sites (tertiary alicyclic amines) is 1. The molecule has 2 saturated heterocycles. The van der Waals surface area contributed by atoms with Crippen molar-refractivity contribution in [3.05, 3.63) is 66.1 Å². The Morgan fingerprint density at radius 3 is 2.56 bits per heavy atom. The van der Waals surface area contributed by atoms with Crippen LogP contribution in [-0.4, -0.2) is 47.1 Å². The van der Waals surface area contributed by atoms with Gasteiger partial charge in [-0.25, -0.2) is 14.0 Å². The molecule has 8 nitrogen and oxygen atoms in total. The lowest BCUT2D eigenvalue weighted by Crippen LogP contribution is -2.49. The molecular formula is C25H25FN4O4. The average Bonchev–Trinajstić information content (AvgIpc) is 3.27. The number of anilines is 1. The fraction of sp³-hybridized carbons (Fsp3) is 0.320. The van der Waals surface area contributed by atoms with Crippen molar-refractivity contribution in [3.63, 3.8) is 0 Å². The topological polar surface area (TPSA) is 83.9 Å². The fourth-order valence-electron chi connectivity index (χ4n) is 4.68. The van der Waals surface area contributed by atoms with Gasteiger partial charge in [-0.05, 0) is 36.6 Å². The number of aromatic nitrogens is 1. The summed E-state index contributed by atoms with van der Waals surface area (Å²) < 4.78 is 22.0. The SMILES string of the molecule is O=C1CCN(c2cc(F)cc3c2ccn3C2CCN(C(=O)OCc3ccccc3)CC2)C(=O)N1. The summed E-state index contributed by atoms with van der Waals surface area (Å²) in [6.07, 6.45) is 3.14. The summed E-state index contributed by atoms with van der Waals surface area (Å²) in [6, 6.07) is 13.8. The number of amides is 4. The minimum atomic E-state index is -0.543. The molecule has 3 heterocycles. The van der Waals surface area contributed by atoms with Crippen LogP contribution in [0.2, 0.25) is 0 Å². The van der Waals surface area contributed by atoms with Crippen molar-refractivity contribution in [1.29, 1.82) is 0 Å². The highest BCUT2D eigenvalue weighted by Crippen LogP contribution is 2.34. The van der Waals surface area contributed by atoms with Crippen LogP contribution in [0.4, 0.5) is 19.7 Å². The fourth-order valence-corrected chi connectivity index (χ4v) is 4.68. The highest BCUT2D eigenvalue weighted by atomic mass is 19.1. The standard InChI is InChI=1S/C25H25FN4O4/c26-18-14-21-20(22(15-18)30-13-9-23(31)27-24(30)32)8-12-29(21)19-6-10-28(11-7-19)25(33)34-16-17-4-2-1-3-5-17/h1-5,8,12,14-15,19H,6-7,9-11,13,16H2,(H,27,31,32). The van der Waals surface area contributed by atoms with Gasteiger partial charge in [0, 0.05) is 43.7 Å². The lowest BCUT2D eigenvalue weighted by Gasteiger charge is -2.32. The van der Waals surface area contributed by atoms with Crippen LogP contribution < -0.4 is 10.2 Å². The predicted octanol–water partition coefficient (Wildman–Crippen LogP) is 4.20. The number of carbonyl (C=O) groups is 3. The number of imide groups is 1. The quantitative estimate of drug-likeness (QED) is 0.627. The van der Waals surface area contributed by atoms with Crippen molar-refractivity contribution < 1.29 is 23.5 Å². The van der Waals surface area contributed by atoms with Crippen molar-refractivity contribution >= 4 is 34.6 Å². The summed E-state index contributed by atoms with van der Waals surface area (Å²) in [5.41, 5.74) is 2.07. The zero-order valence-electron chi connectivity index (χ0n) is 18.6. The second-order valence-electron chi connectivity index (χ2n) is 8.59. The van der Waals surface area contributed by atoms with Crippen molar-refractivity contribution in [3.8, 4) is 0 Å². The number of fused-ring (bicyclic) bond motifs is 1. The molecule has 176 valence electrons. The van der Waals surface area contributed by atoms with E-state index in [1.54, 1.807) is 4.90 Å². The van der Waals surface area contributed by atoms with E-state index in [0.29, 0.717) is 37.1 Å². The van der Waals surface area contributed by atoms with E-state index < -0.39 is 11.8 Å². The van der Waals surface area contributed by atoms with Gasteiger partial charge in [0.25, 0.3) is 0 Å². The molecule has 0 bridgehead atoms. The number of hydrogen-bond donors (Lipinski definition) is 1. The van der Waals surface area contributed by atoms with Crippen LogP contribution >= 0.6 is 0 Å². The number of ether oxygens (including phenoxy) is 1. The second kappa shape index (κ2) is 9.17. The summed E-state index contributed by atoms with van der Waals surface area (Å²) in [7, 11) is 0. The van der Waals surface area contributed by atoms with Crippen LogP contribution in [0.5, 0.6) is 0 Å². The molecule has 2 aromatic carbocycles. The number of benzene rings is 2. The maximum Gasteiger partial charge on any atom is 0.410 e. The third-order valence-electron chi connectivity index (χ3n) is 6.45. The maximum absolute atomic E-state index is 14.6. The van der Waals surface area contributed by atoms with E-state index in [0.717, 1.165) is 10.9 Å². The highest BCUT2D eigenvalue weighted by molar-refractivity contribution is 6.09. The van der Waals surface area contributed by atoms with Gasteiger partial charge in [-0.1, -0.05) is 30.3 Å². The molecule has 0 radical (unpaired) electrons. The number of urea groups is 1. The van der Waals surface area contributed by atoms with Gasteiger partial charge in [-0.15, -0.1) is 0 Å². The van der Waals surface area contributed by atoms with Gasteiger partial charge in [-0.3, -0.25) is 15.0 Å². The van der Waals surface area contributed by atoms with Gasteiger partial charge >= 0.3 is 12.1 Å². The third-order valence-corrected chi connectivity index (χ3v) is 6.45. The van der Waals surface area contributed by atoms with Crippen LogP contribution in [0.15, 0.2) is 54.7 Å². The van der Waals surface area contributed by atoms with Gasteiger partial charge in [0.2, 0.25) is 5.91 Å². The maximum atomic E-state index is 14.6. The predicted molar refractivity (Wildman–Crippen MR) is 124 cm³/mol. The molecule has 0 saturated carbocycles. The Balaban J connectivity index is 1.28. The van der Waals surface area contributed by atoms with Gasteiger partial charge in [0.05, 0.1) is 11.2 Å². The minimum absolute atomic E-state index is 0.0853. The zero-order chi connectivity index (χ0) is 23.7. The molecular weight excluding hydrogens is 439 g/mol. The molecule has 0 spiro atoms. The average molecular weight is 464 g/mol. The van der Waals surface area contributed by atoms with E-state index in [1.165, 1.54) is 17.0 Å². The Morgan fingerprint density at radius 1 is 1.06 bits per heavy atom. The Morgan fingerprint density at radius 2 is 1.82 bits per heavy atom. The number of carbonyl (C=O) groups excluding carboxylic acids is 3. The number of halogens is 1. The van der Waals surface area contributed by atoms with Crippen LogP contribution in [0, 0.1) is 5.82 Å². The Labute approximate surface area is 195 Å². The molecule has 0 atom stereocenters. The number of nitrogens with one attached hydrogen (secondary N) is 1. The molecule has 2 aliphatic rings. The number of hydrogen-bond acceptors (Lipinski definition) is 4. The smallest absolute Gasteiger partial charge is 0.410 e. The number of piperidine rings is 1. The van der Waals surface area contributed by atoms with Gasteiger partial charge in [0.1, 0.15) is 12.4 Å². The molecule has 1 N–H and O–H groups in total. The first-order chi connectivity index (χ1) is 16.5. The normalized spacial score (nSPS) is 17.2. The van der Waals surface area contributed by atoms with E-state index in [2.05, 4.69) is 5.32 Å². The molecule has 3 aromatic rings. The van der Waals surface area contributed by atoms with Crippen LogP contribution in [-0.2, 0) is 16.1 Å². The third kappa shape index (κ3) is 4.33. The molecule has 2 aliphatic heterocycles. The molecule has 0 unspecified atom stereocenters. The van der Waals surface area contributed by atoms with Crippen molar-refractivity contribution in [2.75, 3.05) is 24.5 Å². The molecule has 4 amide bonds. The first-order valence-corrected chi connectivity index (χ1v) is 11.4. The largest absolute Gasteiger partial charge is 0.445 e. The summed E-state index contributed by atoms with van der Waals surface area (Å²) >= 11 is 0. The first kappa shape index (κ1) is 21.9. The first-order valence-electron chi connectivity index (χ1n) is 11.4. The van der Waals surface area contributed by atoms with Gasteiger partial charge in [0.15, 0.2) is 0 Å². The van der Waals surface area contributed by atoms with Crippen LogP contribution in [0.1, 0.15) is 30.9 Å². The van der Waals surface area contributed by atoms with Crippen molar-refractivity contribution in [2.45, 2.75) is 31.9 Å². The Bertz CT molecular complexity index is 1230.